The molecular weight excluding hydrogens is 417 g/mol. The lowest BCUT2D eigenvalue weighted by Gasteiger charge is -2.11. The van der Waals surface area contributed by atoms with Crippen LogP contribution in [-0.2, 0) is 22.1 Å². The van der Waals surface area contributed by atoms with Crippen molar-refractivity contribution in [1.29, 1.82) is 0 Å². The Bertz CT molecular complexity index is 1030. The molecule has 0 amide bonds. The van der Waals surface area contributed by atoms with Crippen LogP contribution in [0.15, 0.2) is 53.1 Å². The zero-order valence-corrected chi connectivity index (χ0v) is 16.6. The molecule has 3 rings (SSSR count). The van der Waals surface area contributed by atoms with Gasteiger partial charge in [0.25, 0.3) is 0 Å². The lowest BCUT2D eigenvalue weighted by atomic mass is 10.0. The number of hydrogen-bond acceptors (Lipinski definition) is 7. The van der Waals surface area contributed by atoms with Gasteiger partial charge in [0.05, 0.1) is 36.2 Å². The van der Waals surface area contributed by atoms with E-state index in [0.29, 0.717) is 28.6 Å². The van der Waals surface area contributed by atoms with Crippen molar-refractivity contribution in [2.24, 2.45) is 5.10 Å². The van der Waals surface area contributed by atoms with Crippen LogP contribution in [0.2, 0.25) is 0 Å². The SMILES string of the molecule is CCOC(=O)Cc1csc(NN=Cc2ccc(-c3ncccc3C(F)(F)F)cc2)n1. The van der Waals surface area contributed by atoms with E-state index in [1.165, 1.54) is 29.8 Å². The molecule has 0 radical (unpaired) electrons. The molecule has 1 N–H and O–H groups in total. The van der Waals surface area contributed by atoms with Crippen molar-refractivity contribution in [2.75, 3.05) is 12.0 Å². The largest absolute Gasteiger partial charge is 0.466 e. The Hall–Kier alpha value is -3.27. The van der Waals surface area contributed by atoms with Gasteiger partial charge in [-0.1, -0.05) is 24.3 Å². The summed E-state index contributed by atoms with van der Waals surface area (Å²) in [6.07, 6.45) is -1.55. The summed E-state index contributed by atoms with van der Waals surface area (Å²) in [4.78, 5) is 19.6. The number of nitrogens with one attached hydrogen (secondary N) is 1. The van der Waals surface area contributed by atoms with E-state index in [2.05, 4.69) is 20.5 Å². The molecule has 0 bridgehead atoms. The van der Waals surface area contributed by atoms with E-state index in [0.717, 1.165) is 6.07 Å². The average Bonchev–Trinajstić information content (AvgIpc) is 3.15. The van der Waals surface area contributed by atoms with E-state index >= 15 is 0 Å². The lowest BCUT2D eigenvalue weighted by molar-refractivity contribution is -0.142. The molecule has 156 valence electrons. The van der Waals surface area contributed by atoms with Crippen molar-refractivity contribution < 1.29 is 22.7 Å². The quantitative estimate of drug-likeness (QED) is 0.329. The monoisotopic (exact) mass is 434 g/mol. The summed E-state index contributed by atoms with van der Waals surface area (Å²) in [6, 6.07) is 8.66. The van der Waals surface area contributed by atoms with Crippen LogP contribution in [0.4, 0.5) is 18.3 Å². The van der Waals surface area contributed by atoms with E-state index in [1.807, 2.05) is 0 Å². The average molecular weight is 434 g/mol. The summed E-state index contributed by atoms with van der Waals surface area (Å²) < 4.78 is 44.3. The number of halogens is 3. The Morgan fingerprint density at radius 2 is 2.03 bits per heavy atom. The molecular formula is C20H17F3N4O2S. The van der Waals surface area contributed by atoms with Crippen molar-refractivity contribution in [3.8, 4) is 11.3 Å². The van der Waals surface area contributed by atoms with Gasteiger partial charge in [0.2, 0.25) is 5.13 Å². The minimum Gasteiger partial charge on any atom is -0.466 e. The third kappa shape index (κ3) is 5.63. The number of esters is 1. The van der Waals surface area contributed by atoms with Gasteiger partial charge in [-0.25, -0.2) is 4.98 Å². The minimum atomic E-state index is -4.48. The maximum absolute atomic E-state index is 13.2. The van der Waals surface area contributed by atoms with Crippen molar-refractivity contribution in [3.63, 3.8) is 0 Å². The van der Waals surface area contributed by atoms with E-state index in [-0.39, 0.29) is 18.1 Å². The van der Waals surface area contributed by atoms with Gasteiger partial charge in [-0.05, 0) is 24.6 Å². The molecule has 0 saturated heterocycles. The summed E-state index contributed by atoms with van der Waals surface area (Å²) in [7, 11) is 0. The van der Waals surface area contributed by atoms with Crippen molar-refractivity contribution in [3.05, 3.63) is 64.8 Å². The first-order chi connectivity index (χ1) is 14.4. The van der Waals surface area contributed by atoms with Crippen molar-refractivity contribution in [2.45, 2.75) is 19.5 Å². The van der Waals surface area contributed by atoms with E-state index < -0.39 is 11.7 Å². The van der Waals surface area contributed by atoms with Gasteiger partial charge >= 0.3 is 12.1 Å². The molecule has 2 aromatic heterocycles. The molecule has 0 fully saturated rings. The molecule has 3 aromatic rings. The molecule has 1 aromatic carbocycles. The molecule has 0 atom stereocenters. The van der Waals surface area contributed by atoms with Crippen LogP contribution in [-0.4, -0.2) is 28.8 Å². The number of pyridine rings is 1. The molecule has 0 aliphatic heterocycles. The predicted octanol–water partition coefficient (Wildman–Crippen LogP) is 4.78. The number of alkyl halides is 3. The fourth-order valence-corrected chi connectivity index (χ4v) is 3.21. The molecule has 0 aliphatic rings. The maximum Gasteiger partial charge on any atom is 0.418 e. The van der Waals surface area contributed by atoms with Gasteiger partial charge in [-0.2, -0.15) is 18.3 Å². The highest BCUT2D eigenvalue weighted by Crippen LogP contribution is 2.35. The Balaban J connectivity index is 1.64. The minimum absolute atomic E-state index is 0.0879. The first kappa shape index (κ1) is 21.4. The fourth-order valence-electron chi connectivity index (χ4n) is 2.55. The highest BCUT2D eigenvalue weighted by molar-refractivity contribution is 7.13. The zero-order valence-electron chi connectivity index (χ0n) is 15.8. The molecule has 0 spiro atoms. The first-order valence-electron chi connectivity index (χ1n) is 8.88. The number of ether oxygens (including phenoxy) is 1. The Morgan fingerprint density at radius 3 is 2.73 bits per heavy atom. The summed E-state index contributed by atoms with van der Waals surface area (Å²) in [5.41, 5.74) is 3.47. The van der Waals surface area contributed by atoms with E-state index in [1.54, 1.807) is 36.6 Å². The second-order valence-corrected chi connectivity index (χ2v) is 6.87. The van der Waals surface area contributed by atoms with E-state index in [9.17, 15) is 18.0 Å². The Kier molecular flexibility index (Phi) is 6.78. The second-order valence-electron chi connectivity index (χ2n) is 6.02. The van der Waals surface area contributed by atoms with Gasteiger partial charge < -0.3 is 4.74 Å². The first-order valence-corrected chi connectivity index (χ1v) is 9.76. The number of rotatable bonds is 7. The number of nitrogens with zero attached hydrogens (tertiary/aromatic N) is 3. The van der Waals surface area contributed by atoms with E-state index in [4.69, 9.17) is 4.74 Å². The smallest absolute Gasteiger partial charge is 0.418 e. The van der Waals surface area contributed by atoms with Crippen LogP contribution in [0.25, 0.3) is 11.3 Å². The molecule has 10 heteroatoms. The number of anilines is 1. The summed E-state index contributed by atoms with van der Waals surface area (Å²) >= 11 is 1.29. The number of aromatic nitrogens is 2. The second kappa shape index (κ2) is 9.49. The lowest BCUT2D eigenvalue weighted by Crippen LogP contribution is -2.08. The molecule has 0 saturated carbocycles. The number of benzene rings is 1. The van der Waals surface area contributed by atoms with Gasteiger partial charge in [-0.15, -0.1) is 11.3 Å². The molecule has 0 aliphatic carbocycles. The van der Waals surface area contributed by atoms with Crippen LogP contribution in [0, 0.1) is 0 Å². The van der Waals surface area contributed by atoms with Crippen LogP contribution < -0.4 is 5.43 Å². The highest BCUT2D eigenvalue weighted by atomic mass is 32.1. The molecule has 0 unspecified atom stereocenters. The third-order valence-corrected chi connectivity index (χ3v) is 4.65. The van der Waals surface area contributed by atoms with Crippen molar-refractivity contribution >= 4 is 28.7 Å². The summed E-state index contributed by atoms with van der Waals surface area (Å²) in [5, 5.41) is 6.30. The van der Waals surface area contributed by atoms with Gasteiger partial charge in [0.1, 0.15) is 0 Å². The molecule has 30 heavy (non-hydrogen) atoms. The van der Waals surface area contributed by atoms with Gasteiger partial charge in [0, 0.05) is 17.1 Å². The molecule has 6 nitrogen and oxygen atoms in total. The molecule has 2 heterocycles. The Labute approximate surface area is 174 Å². The van der Waals surface area contributed by atoms with Crippen molar-refractivity contribution in [1.82, 2.24) is 9.97 Å². The standard InChI is InChI=1S/C20H17F3N4O2S/c1-2-29-17(28)10-15-12-30-19(26-15)27-25-11-13-5-7-14(8-6-13)18-16(20(21,22)23)4-3-9-24-18/h3-9,11-12H,2,10H2,1H3,(H,26,27). The normalized spacial score (nSPS) is 11.6. The fraction of sp³-hybridized carbons (Fsp3) is 0.200. The zero-order chi connectivity index (χ0) is 21.6. The maximum atomic E-state index is 13.2. The van der Waals surface area contributed by atoms with Crippen LogP contribution in [0.5, 0.6) is 0 Å². The number of hydrazone groups is 1. The van der Waals surface area contributed by atoms with Gasteiger partial charge in [0.15, 0.2) is 0 Å². The number of hydrogen-bond donors (Lipinski definition) is 1. The summed E-state index contributed by atoms with van der Waals surface area (Å²) in [5.74, 6) is -0.348. The van der Waals surface area contributed by atoms with Crippen LogP contribution in [0.3, 0.4) is 0 Å². The summed E-state index contributed by atoms with van der Waals surface area (Å²) in [6.45, 7) is 2.05. The number of thiazole rings is 1. The third-order valence-electron chi connectivity index (χ3n) is 3.85. The predicted molar refractivity (Wildman–Crippen MR) is 108 cm³/mol. The number of carbonyl (C=O) groups is 1. The highest BCUT2D eigenvalue weighted by Gasteiger charge is 2.34. The Morgan fingerprint density at radius 1 is 1.27 bits per heavy atom. The number of carbonyl (C=O) groups excluding carboxylic acids is 1. The van der Waals surface area contributed by atoms with Gasteiger partial charge in [-0.3, -0.25) is 15.2 Å². The topological polar surface area (TPSA) is 76.5 Å². The van der Waals surface area contributed by atoms with Crippen LogP contribution >= 0.6 is 11.3 Å². The van der Waals surface area contributed by atoms with Crippen LogP contribution in [0.1, 0.15) is 23.7 Å².